The average molecular weight is 435 g/mol. The molecule has 0 bridgehead atoms. The van der Waals surface area contributed by atoms with Crippen LogP contribution in [0.5, 0.6) is 5.75 Å². The summed E-state index contributed by atoms with van der Waals surface area (Å²) in [6, 6.07) is 8.37. The Morgan fingerprint density at radius 2 is 1.96 bits per heavy atom. The van der Waals surface area contributed by atoms with Crippen molar-refractivity contribution < 1.29 is 22.7 Å². The number of carbonyl (C=O) groups is 1. The molecule has 0 spiro atoms. The van der Waals surface area contributed by atoms with E-state index in [2.05, 4.69) is 21.2 Å². The molecule has 1 amide bonds. The van der Waals surface area contributed by atoms with E-state index in [0.29, 0.717) is 10.2 Å². The van der Waals surface area contributed by atoms with Crippen LogP contribution in [0.25, 0.3) is 6.08 Å². The van der Waals surface area contributed by atoms with Crippen LogP contribution < -0.4 is 10.1 Å². The fourth-order valence-electron chi connectivity index (χ4n) is 1.96. The Morgan fingerprint density at radius 1 is 1.24 bits per heavy atom. The summed E-state index contributed by atoms with van der Waals surface area (Å²) in [6.07, 6.45) is -1.85. The Kier molecular flexibility index (Phi) is 6.13. The molecule has 0 aromatic heterocycles. The van der Waals surface area contributed by atoms with Gasteiger partial charge in [0.05, 0.1) is 22.2 Å². The van der Waals surface area contributed by atoms with Crippen LogP contribution in [0.15, 0.2) is 46.9 Å². The summed E-state index contributed by atoms with van der Waals surface area (Å²) in [5.41, 5.74) is -0.285. The summed E-state index contributed by atoms with van der Waals surface area (Å²) in [5.74, 6) is 0.0739. The Balaban J connectivity index is 2.11. The fraction of sp³-hybridized carbons (Fsp3) is 0.118. The van der Waals surface area contributed by atoms with Crippen LogP contribution in [0.4, 0.5) is 18.9 Å². The summed E-state index contributed by atoms with van der Waals surface area (Å²) in [4.78, 5) is 11.9. The standard InChI is InChI=1S/C17H12BrClF3NO2/c1-25-15-6-2-10(8-13(15)18)3-7-16(24)23-11-4-5-14(19)12(9-11)17(20,21)22/h2-9H,1H3,(H,23,24)/b7-3+. The van der Waals surface area contributed by atoms with Gasteiger partial charge in [0.1, 0.15) is 5.75 Å². The number of methoxy groups -OCH3 is 1. The number of halogens is 5. The molecule has 0 unspecified atom stereocenters. The number of benzene rings is 2. The van der Waals surface area contributed by atoms with E-state index in [-0.39, 0.29) is 5.69 Å². The molecular formula is C17H12BrClF3NO2. The molecule has 0 aliphatic rings. The number of hydrogen-bond donors (Lipinski definition) is 1. The number of amides is 1. The highest BCUT2D eigenvalue weighted by Gasteiger charge is 2.33. The van der Waals surface area contributed by atoms with E-state index in [0.717, 1.165) is 17.7 Å². The van der Waals surface area contributed by atoms with E-state index < -0.39 is 22.7 Å². The monoisotopic (exact) mass is 433 g/mol. The SMILES string of the molecule is COc1ccc(/C=C/C(=O)Nc2ccc(Cl)c(C(F)(F)F)c2)cc1Br. The minimum atomic E-state index is -4.59. The van der Waals surface area contributed by atoms with Crippen molar-refractivity contribution in [1.82, 2.24) is 0 Å². The molecule has 0 aliphatic carbocycles. The van der Waals surface area contributed by atoms with E-state index in [1.165, 1.54) is 25.3 Å². The second kappa shape index (κ2) is 7.93. The lowest BCUT2D eigenvalue weighted by atomic mass is 10.2. The Hall–Kier alpha value is -1.99. The molecule has 2 rings (SSSR count). The lowest BCUT2D eigenvalue weighted by Crippen LogP contribution is -2.11. The minimum Gasteiger partial charge on any atom is -0.496 e. The van der Waals surface area contributed by atoms with Gasteiger partial charge in [0.15, 0.2) is 0 Å². The van der Waals surface area contributed by atoms with Gasteiger partial charge in [0, 0.05) is 11.8 Å². The second-order valence-corrected chi connectivity index (χ2v) is 6.17. The smallest absolute Gasteiger partial charge is 0.417 e. The summed E-state index contributed by atoms with van der Waals surface area (Å²) >= 11 is 8.86. The van der Waals surface area contributed by atoms with Crippen LogP contribution in [-0.2, 0) is 11.0 Å². The van der Waals surface area contributed by atoms with Gasteiger partial charge < -0.3 is 10.1 Å². The molecule has 0 fully saturated rings. The quantitative estimate of drug-likeness (QED) is 0.619. The molecule has 132 valence electrons. The van der Waals surface area contributed by atoms with Crippen LogP contribution >= 0.6 is 27.5 Å². The molecule has 0 saturated heterocycles. The van der Waals surface area contributed by atoms with E-state index in [9.17, 15) is 18.0 Å². The van der Waals surface area contributed by atoms with Crippen molar-refractivity contribution in [2.45, 2.75) is 6.18 Å². The van der Waals surface area contributed by atoms with Crippen LogP contribution in [0.3, 0.4) is 0 Å². The van der Waals surface area contributed by atoms with E-state index in [1.807, 2.05) is 0 Å². The number of carbonyl (C=O) groups excluding carboxylic acids is 1. The maximum absolute atomic E-state index is 12.8. The Bertz CT molecular complexity index is 822. The zero-order chi connectivity index (χ0) is 18.6. The van der Waals surface area contributed by atoms with Crippen molar-refractivity contribution in [2.75, 3.05) is 12.4 Å². The first kappa shape index (κ1) is 19.3. The van der Waals surface area contributed by atoms with Gasteiger partial charge in [-0.3, -0.25) is 4.79 Å². The number of ether oxygens (including phenoxy) is 1. The van der Waals surface area contributed by atoms with Crippen LogP contribution in [0, 0.1) is 0 Å². The summed E-state index contributed by atoms with van der Waals surface area (Å²) < 4.78 is 44.2. The second-order valence-electron chi connectivity index (χ2n) is 4.91. The van der Waals surface area contributed by atoms with E-state index >= 15 is 0 Å². The zero-order valence-corrected chi connectivity index (χ0v) is 15.2. The largest absolute Gasteiger partial charge is 0.496 e. The first-order chi connectivity index (χ1) is 11.7. The topological polar surface area (TPSA) is 38.3 Å². The minimum absolute atomic E-state index is 0.00212. The Labute approximate surface area is 155 Å². The normalized spacial score (nSPS) is 11.6. The van der Waals surface area contributed by atoms with Gasteiger partial charge in [-0.1, -0.05) is 17.7 Å². The van der Waals surface area contributed by atoms with Crippen molar-refractivity contribution in [2.24, 2.45) is 0 Å². The molecule has 3 nitrogen and oxygen atoms in total. The highest BCUT2D eigenvalue weighted by atomic mass is 79.9. The lowest BCUT2D eigenvalue weighted by molar-refractivity contribution is -0.137. The third-order valence-electron chi connectivity index (χ3n) is 3.14. The molecule has 8 heteroatoms. The molecule has 25 heavy (non-hydrogen) atoms. The summed E-state index contributed by atoms with van der Waals surface area (Å²) in [5, 5.41) is 1.94. The van der Waals surface area contributed by atoms with Crippen molar-refractivity contribution >= 4 is 45.2 Å². The molecule has 1 N–H and O–H groups in total. The number of alkyl halides is 3. The Morgan fingerprint density at radius 3 is 2.56 bits per heavy atom. The van der Waals surface area contributed by atoms with Gasteiger partial charge in [-0.25, -0.2) is 0 Å². The van der Waals surface area contributed by atoms with Crippen LogP contribution in [-0.4, -0.2) is 13.0 Å². The van der Waals surface area contributed by atoms with Crippen molar-refractivity contribution in [1.29, 1.82) is 0 Å². The third-order valence-corrected chi connectivity index (χ3v) is 4.09. The van der Waals surface area contributed by atoms with Gasteiger partial charge in [0.25, 0.3) is 0 Å². The molecule has 0 saturated carbocycles. The first-order valence-electron chi connectivity index (χ1n) is 6.90. The molecule has 0 heterocycles. The molecule has 0 aliphatic heterocycles. The molecule has 0 atom stereocenters. The maximum Gasteiger partial charge on any atom is 0.417 e. The van der Waals surface area contributed by atoms with Crippen LogP contribution in [0.2, 0.25) is 5.02 Å². The molecule has 2 aromatic carbocycles. The van der Waals surface area contributed by atoms with Gasteiger partial charge in [0.2, 0.25) is 5.91 Å². The lowest BCUT2D eigenvalue weighted by Gasteiger charge is -2.11. The predicted octanol–water partition coefficient (Wildman–Crippen LogP) is 5.78. The summed E-state index contributed by atoms with van der Waals surface area (Å²) in [6.45, 7) is 0. The van der Waals surface area contributed by atoms with Gasteiger partial charge >= 0.3 is 6.18 Å². The number of nitrogens with one attached hydrogen (secondary N) is 1. The first-order valence-corrected chi connectivity index (χ1v) is 8.07. The van der Waals surface area contributed by atoms with Crippen molar-refractivity contribution in [3.05, 3.63) is 63.1 Å². The summed E-state index contributed by atoms with van der Waals surface area (Å²) in [7, 11) is 1.53. The third kappa shape index (κ3) is 5.24. The van der Waals surface area contributed by atoms with Gasteiger partial charge in [-0.15, -0.1) is 0 Å². The molecule has 0 radical (unpaired) electrons. The van der Waals surface area contributed by atoms with Crippen molar-refractivity contribution in [3.63, 3.8) is 0 Å². The zero-order valence-electron chi connectivity index (χ0n) is 12.8. The van der Waals surface area contributed by atoms with Crippen molar-refractivity contribution in [3.8, 4) is 5.75 Å². The number of hydrogen-bond acceptors (Lipinski definition) is 2. The molecular weight excluding hydrogens is 423 g/mol. The number of anilines is 1. The van der Waals surface area contributed by atoms with Gasteiger partial charge in [-0.05, 0) is 57.9 Å². The molecule has 2 aromatic rings. The fourth-order valence-corrected chi connectivity index (χ4v) is 2.75. The van der Waals surface area contributed by atoms with Gasteiger partial charge in [-0.2, -0.15) is 13.2 Å². The van der Waals surface area contributed by atoms with E-state index in [4.69, 9.17) is 16.3 Å². The van der Waals surface area contributed by atoms with Crippen LogP contribution in [0.1, 0.15) is 11.1 Å². The number of rotatable bonds is 4. The highest BCUT2D eigenvalue weighted by Crippen LogP contribution is 2.36. The average Bonchev–Trinajstić information content (AvgIpc) is 2.54. The maximum atomic E-state index is 12.8. The predicted molar refractivity (Wildman–Crippen MR) is 94.8 cm³/mol. The highest BCUT2D eigenvalue weighted by molar-refractivity contribution is 9.10. The van der Waals surface area contributed by atoms with E-state index in [1.54, 1.807) is 18.2 Å².